The minimum absolute atomic E-state index is 0.209. The summed E-state index contributed by atoms with van der Waals surface area (Å²) in [7, 11) is 0. The average Bonchev–Trinajstić information content (AvgIpc) is 2.66. The molecule has 4 nitrogen and oxygen atoms in total. The number of anilines is 1. The lowest BCUT2D eigenvalue weighted by Gasteiger charge is -2.09. The van der Waals surface area contributed by atoms with Gasteiger partial charge in [-0.2, -0.15) is 5.26 Å². The van der Waals surface area contributed by atoms with Crippen LogP contribution in [0.5, 0.6) is 0 Å². The van der Waals surface area contributed by atoms with Gasteiger partial charge in [-0.1, -0.05) is 0 Å². The van der Waals surface area contributed by atoms with Crippen LogP contribution in [0, 0.1) is 11.3 Å². The van der Waals surface area contributed by atoms with Gasteiger partial charge < -0.3 is 10.1 Å². The van der Waals surface area contributed by atoms with Crippen molar-refractivity contribution < 1.29 is 9.53 Å². The summed E-state index contributed by atoms with van der Waals surface area (Å²) in [6, 6.07) is 8.77. The second-order valence-electron chi connectivity index (χ2n) is 3.34. The zero-order valence-corrected chi connectivity index (χ0v) is 8.06. The van der Waals surface area contributed by atoms with Crippen LogP contribution in [0.1, 0.15) is 12.0 Å². The summed E-state index contributed by atoms with van der Waals surface area (Å²) >= 11 is 0. The minimum Gasteiger partial charge on any atom is -0.464 e. The van der Waals surface area contributed by atoms with E-state index in [0.29, 0.717) is 18.6 Å². The molecule has 1 aromatic rings. The number of ether oxygens (including phenoxy) is 1. The number of carbonyl (C=O) groups is 1. The largest absolute Gasteiger partial charge is 0.464 e. The lowest BCUT2D eigenvalue weighted by molar-refractivity contribution is -0.138. The topological polar surface area (TPSA) is 62.1 Å². The van der Waals surface area contributed by atoms with Crippen LogP contribution in [0.2, 0.25) is 0 Å². The molecule has 0 aliphatic carbocycles. The molecule has 0 radical (unpaired) electrons. The quantitative estimate of drug-likeness (QED) is 0.734. The van der Waals surface area contributed by atoms with E-state index in [1.54, 1.807) is 24.3 Å². The van der Waals surface area contributed by atoms with Gasteiger partial charge in [0.2, 0.25) is 0 Å². The Hall–Kier alpha value is -2.02. The summed E-state index contributed by atoms with van der Waals surface area (Å²) in [5.74, 6) is -0.209. The zero-order chi connectivity index (χ0) is 10.7. The second-order valence-corrected chi connectivity index (χ2v) is 3.34. The second kappa shape index (κ2) is 4.01. The molecular formula is C11H10N2O2. The molecule has 0 spiro atoms. The summed E-state index contributed by atoms with van der Waals surface area (Å²) in [4.78, 5) is 11.2. The monoisotopic (exact) mass is 202 g/mol. The Kier molecular flexibility index (Phi) is 2.55. The highest BCUT2D eigenvalue weighted by Crippen LogP contribution is 2.15. The Balaban J connectivity index is 2.05. The third kappa shape index (κ3) is 2.08. The summed E-state index contributed by atoms with van der Waals surface area (Å²) in [5, 5.41) is 11.7. The maximum Gasteiger partial charge on any atom is 0.328 e. The van der Waals surface area contributed by atoms with Crippen molar-refractivity contribution in [3.8, 4) is 6.07 Å². The molecule has 1 heterocycles. The third-order valence-corrected chi connectivity index (χ3v) is 2.29. The van der Waals surface area contributed by atoms with Crippen molar-refractivity contribution in [2.75, 3.05) is 11.9 Å². The number of cyclic esters (lactones) is 1. The molecule has 1 unspecified atom stereocenters. The SMILES string of the molecule is N#Cc1ccc(NC2CCOC2=O)cc1. The molecule has 1 aliphatic heterocycles. The van der Waals surface area contributed by atoms with Crippen molar-refractivity contribution in [3.63, 3.8) is 0 Å². The van der Waals surface area contributed by atoms with E-state index in [1.807, 2.05) is 6.07 Å². The molecule has 2 rings (SSSR count). The fourth-order valence-corrected chi connectivity index (χ4v) is 1.47. The lowest BCUT2D eigenvalue weighted by atomic mass is 10.2. The highest BCUT2D eigenvalue weighted by atomic mass is 16.5. The first-order chi connectivity index (χ1) is 7.29. The molecule has 1 aromatic carbocycles. The van der Waals surface area contributed by atoms with Crippen LogP contribution in [0.15, 0.2) is 24.3 Å². The van der Waals surface area contributed by atoms with Crippen LogP contribution < -0.4 is 5.32 Å². The Labute approximate surface area is 87.5 Å². The Morgan fingerprint density at radius 3 is 2.67 bits per heavy atom. The normalized spacial score (nSPS) is 19.4. The van der Waals surface area contributed by atoms with E-state index in [9.17, 15) is 4.79 Å². The van der Waals surface area contributed by atoms with Gasteiger partial charge >= 0.3 is 5.97 Å². The number of esters is 1. The maximum atomic E-state index is 11.2. The number of nitrogens with one attached hydrogen (secondary N) is 1. The number of hydrogen-bond acceptors (Lipinski definition) is 4. The lowest BCUT2D eigenvalue weighted by Crippen LogP contribution is -2.24. The van der Waals surface area contributed by atoms with Gasteiger partial charge in [0, 0.05) is 12.1 Å². The first kappa shape index (κ1) is 9.53. The highest BCUT2D eigenvalue weighted by molar-refractivity contribution is 5.80. The number of carbonyl (C=O) groups excluding carboxylic acids is 1. The summed E-state index contributed by atoms with van der Waals surface area (Å²) in [6.45, 7) is 0.479. The third-order valence-electron chi connectivity index (χ3n) is 2.29. The summed E-state index contributed by atoms with van der Waals surface area (Å²) < 4.78 is 4.83. The van der Waals surface area contributed by atoms with Gasteiger partial charge in [0.25, 0.3) is 0 Å². The van der Waals surface area contributed by atoms with E-state index in [0.717, 1.165) is 5.69 Å². The summed E-state index contributed by atoms with van der Waals surface area (Å²) in [6.07, 6.45) is 0.693. The Morgan fingerprint density at radius 1 is 1.40 bits per heavy atom. The van der Waals surface area contributed by atoms with Crippen molar-refractivity contribution in [2.24, 2.45) is 0 Å². The molecule has 1 N–H and O–H groups in total. The minimum atomic E-state index is -0.252. The number of benzene rings is 1. The average molecular weight is 202 g/mol. The number of hydrogen-bond donors (Lipinski definition) is 1. The molecule has 0 saturated carbocycles. The van der Waals surface area contributed by atoms with Gasteiger partial charge in [-0.3, -0.25) is 0 Å². The molecule has 1 saturated heterocycles. The molecular weight excluding hydrogens is 192 g/mol. The summed E-state index contributed by atoms with van der Waals surface area (Å²) in [5.41, 5.74) is 1.44. The highest BCUT2D eigenvalue weighted by Gasteiger charge is 2.25. The van der Waals surface area contributed by atoms with Crippen LogP contribution in [0.3, 0.4) is 0 Å². The predicted octanol–water partition coefficient (Wildman–Crippen LogP) is 1.29. The molecule has 0 amide bonds. The maximum absolute atomic E-state index is 11.2. The van der Waals surface area contributed by atoms with E-state index in [2.05, 4.69) is 5.32 Å². The molecule has 0 bridgehead atoms. The van der Waals surface area contributed by atoms with Gasteiger partial charge in [-0.25, -0.2) is 4.79 Å². The van der Waals surface area contributed by atoms with Crippen molar-refractivity contribution in [1.29, 1.82) is 5.26 Å². The van der Waals surface area contributed by atoms with Crippen molar-refractivity contribution >= 4 is 11.7 Å². The van der Waals surface area contributed by atoms with Crippen LogP contribution >= 0.6 is 0 Å². The fraction of sp³-hybridized carbons (Fsp3) is 0.273. The fourth-order valence-electron chi connectivity index (χ4n) is 1.47. The smallest absolute Gasteiger partial charge is 0.328 e. The molecule has 4 heteroatoms. The van der Waals surface area contributed by atoms with E-state index < -0.39 is 0 Å². The number of nitrogens with zero attached hydrogens (tertiary/aromatic N) is 1. The predicted molar refractivity (Wildman–Crippen MR) is 54.1 cm³/mol. The van der Waals surface area contributed by atoms with Crippen molar-refractivity contribution in [1.82, 2.24) is 0 Å². The van der Waals surface area contributed by atoms with Crippen molar-refractivity contribution in [2.45, 2.75) is 12.5 Å². The van der Waals surface area contributed by atoms with E-state index in [1.165, 1.54) is 0 Å². The molecule has 15 heavy (non-hydrogen) atoms. The standard InChI is InChI=1S/C11H10N2O2/c12-7-8-1-3-9(4-2-8)13-10-5-6-15-11(10)14/h1-4,10,13H,5-6H2. The molecule has 1 aliphatic rings. The molecule has 1 atom stereocenters. The first-order valence-electron chi connectivity index (χ1n) is 4.73. The molecule has 76 valence electrons. The van der Waals surface area contributed by atoms with Crippen LogP contribution in [-0.4, -0.2) is 18.6 Å². The molecule has 1 fully saturated rings. The van der Waals surface area contributed by atoms with Gasteiger partial charge in [0.15, 0.2) is 0 Å². The van der Waals surface area contributed by atoms with E-state index in [-0.39, 0.29) is 12.0 Å². The zero-order valence-electron chi connectivity index (χ0n) is 8.06. The number of nitriles is 1. The van der Waals surface area contributed by atoms with Crippen LogP contribution in [0.25, 0.3) is 0 Å². The van der Waals surface area contributed by atoms with Crippen LogP contribution in [-0.2, 0) is 9.53 Å². The van der Waals surface area contributed by atoms with Gasteiger partial charge in [0.1, 0.15) is 6.04 Å². The number of rotatable bonds is 2. The van der Waals surface area contributed by atoms with Gasteiger partial charge in [-0.15, -0.1) is 0 Å². The van der Waals surface area contributed by atoms with Crippen LogP contribution in [0.4, 0.5) is 5.69 Å². The van der Waals surface area contributed by atoms with Gasteiger partial charge in [0.05, 0.1) is 18.2 Å². The van der Waals surface area contributed by atoms with E-state index >= 15 is 0 Å². The van der Waals surface area contributed by atoms with Gasteiger partial charge in [-0.05, 0) is 24.3 Å². The van der Waals surface area contributed by atoms with Crippen molar-refractivity contribution in [3.05, 3.63) is 29.8 Å². The Bertz CT molecular complexity index is 406. The Morgan fingerprint density at radius 2 is 2.13 bits per heavy atom. The van der Waals surface area contributed by atoms with E-state index in [4.69, 9.17) is 10.00 Å². The molecule has 0 aromatic heterocycles. The first-order valence-corrected chi connectivity index (χ1v) is 4.73.